The molecule has 2 saturated heterocycles. The molecule has 0 unspecified atom stereocenters. The first-order valence-corrected chi connectivity index (χ1v) is 8.99. The van der Waals surface area contributed by atoms with Crippen LogP contribution >= 0.6 is 11.3 Å². The Bertz CT molecular complexity index is 652. The molecule has 130 valence electrons. The van der Waals surface area contributed by atoms with Crippen LogP contribution < -0.4 is 0 Å². The molecular formula is C17H22N2O4S. The number of hydrogen-bond acceptors (Lipinski definition) is 4. The van der Waals surface area contributed by atoms with Gasteiger partial charge in [-0.25, -0.2) is 4.79 Å². The summed E-state index contributed by atoms with van der Waals surface area (Å²) in [6.07, 6.45) is 1.98. The lowest BCUT2D eigenvalue weighted by Gasteiger charge is -2.39. The molecule has 6 nitrogen and oxygen atoms in total. The second-order valence-electron chi connectivity index (χ2n) is 6.91. The predicted molar refractivity (Wildman–Crippen MR) is 90.1 cm³/mol. The van der Waals surface area contributed by atoms with Crippen molar-refractivity contribution in [3.63, 3.8) is 0 Å². The van der Waals surface area contributed by atoms with Gasteiger partial charge in [-0.05, 0) is 43.7 Å². The van der Waals surface area contributed by atoms with Crippen LogP contribution in [0.4, 0.5) is 0 Å². The van der Waals surface area contributed by atoms with E-state index in [0.717, 1.165) is 22.6 Å². The smallest absolute Gasteiger partial charge is 0.326 e. The van der Waals surface area contributed by atoms with Crippen LogP contribution in [0.15, 0.2) is 12.1 Å². The molecule has 3 heterocycles. The first-order valence-electron chi connectivity index (χ1n) is 8.17. The van der Waals surface area contributed by atoms with Gasteiger partial charge in [0.15, 0.2) is 0 Å². The lowest BCUT2D eigenvalue weighted by atomic mass is 9.76. The topological polar surface area (TPSA) is 77.9 Å². The number of amides is 2. The monoisotopic (exact) mass is 350 g/mol. The molecule has 24 heavy (non-hydrogen) atoms. The zero-order valence-electron chi connectivity index (χ0n) is 13.9. The number of rotatable bonds is 2. The maximum absolute atomic E-state index is 12.5. The fourth-order valence-electron chi connectivity index (χ4n) is 3.86. The summed E-state index contributed by atoms with van der Waals surface area (Å²) in [6.45, 7) is 5.13. The standard InChI is InChI=1S/C17H22N2O4S/c1-11-3-4-14(24-11)15(21)18-7-5-17(6-8-18)9-13(16(22)23)19(10-17)12(2)20/h3-4,13H,5-10H2,1-2H3,(H,22,23)/t13-/m1/s1. The molecule has 1 N–H and O–H groups in total. The van der Waals surface area contributed by atoms with Crippen LogP contribution in [0.3, 0.4) is 0 Å². The quantitative estimate of drug-likeness (QED) is 0.885. The van der Waals surface area contributed by atoms with Crippen LogP contribution in [0.5, 0.6) is 0 Å². The van der Waals surface area contributed by atoms with Crippen molar-refractivity contribution >= 4 is 29.1 Å². The highest BCUT2D eigenvalue weighted by molar-refractivity contribution is 7.13. The Morgan fingerprint density at radius 2 is 1.92 bits per heavy atom. The molecule has 2 amide bonds. The maximum atomic E-state index is 12.5. The molecule has 1 aromatic rings. The van der Waals surface area contributed by atoms with E-state index >= 15 is 0 Å². The number of aryl methyl sites for hydroxylation is 1. The van der Waals surface area contributed by atoms with Gasteiger partial charge < -0.3 is 14.9 Å². The highest BCUT2D eigenvalue weighted by atomic mass is 32.1. The van der Waals surface area contributed by atoms with Gasteiger partial charge in [0, 0.05) is 31.4 Å². The van der Waals surface area contributed by atoms with Gasteiger partial charge in [0.25, 0.3) is 5.91 Å². The van der Waals surface area contributed by atoms with Crippen molar-refractivity contribution in [1.29, 1.82) is 0 Å². The van der Waals surface area contributed by atoms with E-state index in [1.54, 1.807) is 0 Å². The van der Waals surface area contributed by atoms with Crippen molar-refractivity contribution in [1.82, 2.24) is 9.80 Å². The second-order valence-corrected chi connectivity index (χ2v) is 8.20. The molecule has 0 aliphatic carbocycles. The third-order valence-electron chi connectivity index (χ3n) is 5.26. The maximum Gasteiger partial charge on any atom is 0.326 e. The Morgan fingerprint density at radius 3 is 2.38 bits per heavy atom. The Kier molecular flexibility index (Phi) is 4.38. The molecule has 1 spiro atoms. The normalized spacial score (nSPS) is 22.8. The zero-order valence-corrected chi connectivity index (χ0v) is 14.8. The van der Waals surface area contributed by atoms with Crippen molar-refractivity contribution in [2.45, 2.75) is 39.2 Å². The number of nitrogens with zero attached hydrogens (tertiary/aromatic N) is 2. The van der Waals surface area contributed by atoms with Crippen molar-refractivity contribution in [2.24, 2.45) is 5.41 Å². The fourth-order valence-corrected chi connectivity index (χ4v) is 4.70. The molecule has 0 aromatic carbocycles. The molecular weight excluding hydrogens is 328 g/mol. The summed E-state index contributed by atoms with van der Waals surface area (Å²) in [5.41, 5.74) is -0.170. The molecule has 0 radical (unpaired) electrons. The van der Waals surface area contributed by atoms with Crippen LogP contribution in [0.2, 0.25) is 0 Å². The van der Waals surface area contributed by atoms with E-state index in [1.807, 2.05) is 24.0 Å². The van der Waals surface area contributed by atoms with E-state index in [9.17, 15) is 19.5 Å². The molecule has 1 aromatic heterocycles. The van der Waals surface area contributed by atoms with Crippen molar-refractivity contribution in [3.05, 3.63) is 21.9 Å². The number of hydrogen-bond donors (Lipinski definition) is 1. The van der Waals surface area contributed by atoms with Gasteiger partial charge in [-0.15, -0.1) is 11.3 Å². The fraction of sp³-hybridized carbons (Fsp3) is 0.588. The lowest BCUT2D eigenvalue weighted by molar-refractivity contribution is -0.147. The van der Waals surface area contributed by atoms with E-state index in [2.05, 4.69) is 0 Å². The molecule has 7 heteroatoms. The van der Waals surface area contributed by atoms with E-state index in [0.29, 0.717) is 26.1 Å². The highest BCUT2D eigenvalue weighted by Gasteiger charge is 2.49. The third kappa shape index (κ3) is 3.05. The minimum absolute atomic E-state index is 0.0548. The Balaban J connectivity index is 1.67. The molecule has 3 rings (SSSR count). The van der Waals surface area contributed by atoms with E-state index in [-0.39, 0.29) is 17.2 Å². The van der Waals surface area contributed by atoms with Crippen molar-refractivity contribution in [3.8, 4) is 0 Å². The van der Waals surface area contributed by atoms with Crippen LogP contribution in [0.1, 0.15) is 40.7 Å². The van der Waals surface area contributed by atoms with Gasteiger partial charge in [-0.3, -0.25) is 9.59 Å². The number of thiophene rings is 1. The number of carbonyl (C=O) groups is 3. The number of carboxylic acids is 1. The van der Waals surface area contributed by atoms with Crippen molar-refractivity contribution in [2.75, 3.05) is 19.6 Å². The number of likely N-dealkylation sites (tertiary alicyclic amines) is 2. The first-order chi connectivity index (χ1) is 11.3. The minimum Gasteiger partial charge on any atom is -0.480 e. The van der Waals surface area contributed by atoms with Gasteiger partial charge in [0.1, 0.15) is 6.04 Å². The summed E-state index contributed by atoms with van der Waals surface area (Å²) >= 11 is 1.50. The number of aliphatic carboxylic acids is 1. The van der Waals surface area contributed by atoms with Crippen LogP contribution in [-0.4, -0.2) is 58.4 Å². The Morgan fingerprint density at radius 1 is 1.25 bits per heavy atom. The van der Waals surface area contributed by atoms with Crippen LogP contribution in [-0.2, 0) is 9.59 Å². The van der Waals surface area contributed by atoms with E-state index in [1.165, 1.54) is 23.2 Å². The van der Waals surface area contributed by atoms with Gasteiger partial charge in [0.2, 0.25) is 5.91 Å². The SMILES string of the molecule is CC(=O)N1CC2(CCN(C(=O)c3ccc(C)s3)CC2)C[C@@H]1C(=O)O. The van der Waals surface area contributed by atoms with Crippen LogP contribution in [0, 0.1) is 12.3 Å². The molecule has 2 aliphatic heterocycles. The van der Waals surface area contributed by atoms with E-state index in [4.69, 9.17) is 0 Å². The summed E-state index contributed by atoms with van der Waals surface area (Å²) in [5, 5.41) is 9.38. The summed E-state index contributed by atoms with van der Waals surface area (Å²) in [6, 6.07) is 3.08. The molecule has 2 aliphatic rings. The largest absolute Gasteiger partial charge is 0.480 e. The van der Waals surface area contributed by atoms with E-state index < -0.39 is 12.0 Å². The third-order valence-corrected chi connectivity index (χ3v) is 6.25. The summed E-state index contributed by atoms with van der Waals surface area (Å²) in [5.74, 6) is -1.07. The predicted octanol–water partition coefficient (Wildman–Crippen LogP) is 1.98. The minimum atomic E-state index is -0.936. The summed E-state index contributed by atoms with van der Waals surface area (Å²) < 4.78 is 0. The molecule has 0 saturated carbocycles. The second kappa shape index (κ2) is 6.20. The summed E-state index contributed by atoms with van der Waals surface area (Å²) in [4.78, 5) is 40.9. The lowest BCUT2D eigenvalue weighted by Crippen LogP contribution is -2.44. The Hall–Kier alpha value is -1.89. The van der Waals surface area contributed by atoms with Gasteiger partial charge in [-0.2, -0.15) is 0 Å². The molecule has 2 fully saturated rings. The molecule has 0 bridgehead atoms. The summed E-state index contributed by atoms with van der Waals surface area (Å²) in [7, 11) is 0. The van der Waals surface area contributed by atoms with Gasteiger partial charge in [-0.1, -0.05) is 0 Å². The van der Waals surface area contributed by atoms with Crippen LogP contribution in [0.25, 0.3) is 0 Å². The highest BCUT2D eigenvalue weighted by Crippen LogP contribution is 2.43. The average molecular weight is 350 g/mol. The molecule has 1 atom stereocenters. The number of piperidine rings is 1. The number of carbonyl (C=O) groups excluding carboxylic acids is 2. The Labute approximate surface area is 145 Å². The first kappa shape index (κ1) is 17.0. The zero-order chi connectivity index (χ0) is 17.5. The van der Waals surface area contributed by atoms with Gasteiger partial charge >= 0.3 is 5.97 Å². The van der Waals surface area contributed by atoms with Gasteiger partial charge in [0.05, 0.1) is 4.88 Å². The number of carboxylic acid groups (broad SMARTS) is 1. The van der Waals surface area contributed by atoms with Crippen molar-refractivity contribution < 1.29 is 19.5 Å². The average Bonchev–Trinajstić information content (AvgIpc) is 3.12.